The molecule has 0 fully saturated rings. The lowest BCUT2D eigenvalue weighted by atomic mass is 9.99. The molecule has 4 heteroatoms. The van der Waals surface area contributed by atoms with Crippen molar-refractivity contribution in [1.29, 1.82) is 0 Å². The Bertz CT molecular complexity index is 4570. The molecule has 0 aliphatic carbocycles. The third kappa shape index (κ3) is 6.74. The van der Waals surface area contributed by atoms with Gasteiger partial charge in [-0.2, -0.15) is 0 Å². The minimum Gasteiger partial charge on any atom is -0.309 e. The molecule has 0 radical (unpaired) electrons. The summed E-state index contributed by atoms with van der Waals surface area (Å²) in [6, 6.07) is 110. The van der Waals surface area contributed by atoms with Crippen LogP contribution in [0.25, 0.3) is 105 Å². The number of fused-ring (bicyclic) bond motifs is 9. The molecule has 0 atom stereocenters. The van der Waals surface area contributed by atoms with Gasteiger partial charge in [0.1, 0.15) is 0 Å². The molecule has 0 saturated heterocycles. The van der Waals surface area contributed by atoms with Gasteiger partial charge in [0, 0.05) is 49.4 Å². The normalized spacial score (nSPS) is 11.9. The van der Waals surface area contributed by atoms with Crippen molar-refractivity contribution in [3.8, 4) is 39.3 Å². The number of nitrogens with zero attached hydrogens (tertiary/aromatic N) is 3. The van der Waals surface area contributed by atoms with Gasteiger partial charge in [-0.05, 0) is 116 Å². The Kier molecular flexibility index (Phi) is 10.2. The zero-order valence-electron chi connectivity index (χ0n) is 41.6. The monoisotopic (exact) mass is 983 g/mol. The SMILES string of the molecule is c1ccc(-c2cccc(-n3c4ccccc4c4cc(-n5c6ccc(-n7c8ccccc8c8c(-c9ccccc9)cccc87)cc6c6cc([Si](c7ccccc7)(c7ccccc7)c7ccccc7)ccc65)ccc43)c2)cc1. The molecule has 0 N–H and O–H groups in total. The Hall–Kier alpha value is -9.74. The van der Waals surface area contributed by atoms with Crippen molar-refractivity contribution in [2.24, 2.45) is 0 Å². The highest BCUT2D eigenvalue weighted by Crippen LogP contribution is 2.42. The van der Waals surface area contributed by atoms with Gasteiger partial charge in [0.15, 0.2) is 8.07 Å². The predicted octanol–water partition coefficient (Wildman–Crippen LogP) is 15.7. The predicted molar refractivity (Wildman–Crippen MR) is 324 cm³/mol. The molecule has 0 saturated carbocycles. The van der Waals surface area contributed by atoms with Crippen molar-refractivity contribution >= 4 is 94.2 Å². The first-order chi connectivity index (χ1) is 37.7. The van der Waals surface area contributed by atoms with E-state index >= 15 is 0 Å². The third-order valence-corrected chi connectivity index (χ3v) is 20.7. The van der Waals surface area contributed by atoms with Crippen LogP contribution in [0.3, 0.4) is 0 Å². The van der Waals surface area contributed by atoms with Crippen molar-refractivity contribution in [1.82, 2.24) is 13.7 Å². The van der Waals surface area contributed by atoms with E-state index in [1.165, 1.54) is 103 Å². The summed E-state index contributed by atoms with van der Waals surface area (Å²) in [4.78, 5) is 0. The summed E-state index contributed by atoms with van der Waals surface area (Å²) < 4.78 is 7.42. The van der Waals surface area contributed by atoms with Gasteiger partial charge < -0.3 is 13.7 Å². The van der Waals surface area contributed by atoms with Gasteiger partial charge in [0.05, 0.1) is 33.1 Å². The van der Waals surface area contributed by atoms with Crippen LogP contribution in [0.4, 0.5) is 0 Å². The minimum absolute atomic E-state index is 1.12. The summed E-state index contributed by atoms with van der Waals surface area (Å²) in [6.07, 6.45) is 0. The fourth-order valence-electron chi connectivity index (χ4n) is 12.7. The van der Waals surface area contributed by atoms with Crippen LogP contribution in [-0.2, 0) is 0 Å². The van der Waals surface area contributed by atoms with Gasteiger partial charge in [0.2, 0.25) is 0 Å². The minimum atomic E-state index is -2.89. The van der Waals surface area contributed by atoms with E-state index in [9.17, 15) is 0 Å². The topological polar surface area (TPSA) is 14.8 Å². The number of hydrogen-bond acceptors (Lipinski definition) is 0. The molecule has 12 aromatic carbocycles. The van der Waals surface area contributed by atoms with Crippen LogP contribution < -0.4 is 20.7 Å². The van der Waals surface area contributed by atoms with Crippen LogP contribution in [0.5, 0.6) is 0 Å². The number of aromatic nitrogens is 3. The second-order valence-electron chi connectivity index (χ2n) is 20.0. The Morgan fingerprint density at radius 2 is 0.605 bits per heavy atom. The smallest absolute Gasteiger partial charge is 0.179 e. The lowest BCUT2D eigenvalue weighted by Gasteiger charge is -2.34. The van der Waals surface area contributed by atoms with Crippen LogP contribution in [-0.4, -0.2) is 21.8 Å². The van der Waals surface area contributed by atoms with Crippen LogP contribution in [0, 0.1) is 0 Å². The first-order valence-corrected chi connectivity index (χ1v) is 28.3. The third-order valence-electron chi connectivity index (χ3n) is 16.0. The van der Waals surface area contributed by atoms with Crippen molar-refractivity contribution < 1.29 is 0 Å². The molecule has 356 valence electrons. The van der Waals surface area contributed by atoms with Gasteiger partial charge in [0.25, 0.3) is 0 Å². The lowest BCUT2D eigenvalue weighted by molar-refractivity contribution is 1.16. The quantitative estimate of drug-likeness (QED) is 0.101. The second-order valence-corrected chi connectivity index (χ2v) is 23.8. The summed E-state index contributed by atoms with van der Waals surface area (Å²) in [7, 11) is -2.89. The Balaban J connectivity index is 1.01. The average Bonchev–Trinajstić information content (AvgIpc) is 4.24. The molecule has 0 unspecified atom stereocenters. The van der Waals surface area contributed by atoms with Crippen molar-refractivity contribution in [2.45, 2.75) is 0 Å². The molecular formula is C72H49N3Si. The molecule has 0 amide bonds. The zero-order chi connectivity index (χ0) is 50.2. The van der Waals surface area contributed by atoms with Gasteiger partial charge in [-0.15, -0.1) is 0 Å². The maximum absolute atomic E-state index is 2.89. The molecule has 3 aromatic heterocycles. The Labute approximate surface area is 442 Å². The van der Waals surface area contributed by atoms with Crippen LogP contribution in [0.2, 0.25) is 0 Å². The standard InChI is InChI=1S/C72H49N3Si/c1-6-22-50(23-7-1)52-26-20-27-53(46-52)73-66-37-18-16-34-61(66)63-47-54(40-43-68(63)73)74-69-44-41-55(75-67-38-19-17-35-62(67)72-60(36-21-39-71(72)75)51-24-8-2-9-25-51)48-64(69)65-49-59(42-45-70(65)74)76(56-28-10-3-11-29-56,57-30-12-4-13-31-57)58-32-14-5-15-33-58/h1-49H. The summed E-state index contributed by atoms with van der Waals surface area (Å²) in [5, 5.41) is 12.8. The summed E-state index contributed by atoms with van der Waals surface area (Å²) in [5.74, 6) is 0. The molecule has 3 nitrogen and oxygen atoms in total. The molecule has 3 heterocycles. The molecular weight excluding hydrogens is 935 g/mol. The summed E-state index contributed by atoms with van der Waals surface area (Å²) in [5.41, 5.74) is 15.3. The van der Waals surface area contributed by atoms with Crippen LogP contribution >= 0.6 is 0 Å². The molecule has 0 spiro atoms. The Morgan fingerprint density at radius 3 is 1.20 bits per heavy atom. The van der Waals surface area contributed by atoms with Crippen molar-refractivity contribution in [3.63, 3.8) is 0 Å². The maximum Gasteiger partial charge on any atom is 0.179 e. The van der Waals surface area contributed by atoms with E-state index in [0.29, 0.717) is 0 Å². The first kappa shape index (κ1) is 43.8. The van der Waals surface area contributed by atoms with Crippen LogP contribution in [0.15, 0.2) is 297 Å². The summed E-state index contributed by atoms with van der Waals surface area (Å²) in [6.45, 7) is 0. The van der Waals surface area contributed by atoms with Gasteiger partial charge in [-0.1, -0.05) is 224 Å². The average molecular weight is 984 g/mol. The Morgan fingerprint density at radius 1 is 0.211 bits per heavy atom. The molecule has 0 aliphatic rings. The highest BCUT2D eigenvalue weighted by Gasteiger charge is 2.41. The lowest BCUT2D eigenvalue weighted by Crippen LogP contribution is -2.74. The van der Waals surface area contributed by atoms with E-state index in [4.69, 9.17) is 0 Å². The molecule has 76 heavy (non-hydrogen) atoms. The number of para-hydroxylation sites is 2. The fourth-order valence-corrected chi connectivity index (χ4v) is 17.5. The van der Waals surface area contributed by atoms with Gasteiger partial charge in [-0.3, -0.25) is 0 Å². The highest BCUT2D eigenvalue weighted by molar-refractivity contribution is 7.20. The van der Waals surface area contributed by atoms with Gasteiger partial charge in [-0.25, -0.2) is 0 Å². The molecule has 0 bridgehead atoms. The van der Waals surface area contributed by atoms with E-state index in [1.807, 2.05) is 0 Å². The highest BCUT2D eigenvalue weighted by atomic mass is 28.3. The molecule has 15 aromatic rings. The fraction of sp³-hybridized carbons (Fsp3) is 0. The van der Waals surface area contributed by atoms with E-state index < -0.39 is 8.07 Å². The van der Waals surface area contributed by atoms with Crippen molar-refractivity contribution in [2.75, 3.05) is 0 Å². The molecule has 15 rings (SSSR count). The maximum atomic E-state index is 2.56. The zero-order valence-corrected chi connectivity index (χ0v) is 42.6. The van der Waals surface area contributed by atoms with E-state index in [1.54, 1.807) is 0 Å². The number of hydrogen-bond donors (Lipinski definition) is 0. The van der Waals surface area contributed by atoms with Crippen molar-refractivity contribution in [3.05, 3.63) is 297 Å². The van der Waals surface area contributed by atoms with Gasteiger partial charge >= 0.3 is 0 Å². The van der Waals surface area contributed by atoms with E-state index in [-0.39, 0.29) is 0 Å². The van der Waals surface area contributed by atoms with E-state index in [0.717, 1.165) is 22.6 Å². The van der Waals surface area contributed by atoms with Crippen LogP contribution in [0.1, 0.15) is 0 Å². The largest absolute Gasteiger partial charge is 0.309 e. The second kappa shape index (κ2) is 17.7. The summed E-state index contributed by atoms with van der Waals surface area (Å²) >= 11 is 0. The number of rotatable bonds is 9. The molecule has 0 aliphatic heterocycles. The number of benzene rings is 12. The first-order valence-electron chi connectivity index (χ1n) is 26.3. The van der Waals surface area contributed by atoms with E-state index in [2.05, 4.69) is 311 Å².